The van der Waals surface area contributed by atoms with Crippen LogP contribution in [0.5, 0.6) is 0 Å². The molecule has 0 radical (unpaired) electrons. The summed E-state index contributed by atoms with van der Waals surface area (Å²) in [4.78, 5) is 23.5. The van der Waals surface area contributed by atoms with Gasteiger partial charge in [0.25, 0.3) is 5.69 Å². The second kappa shape index (κ2) is 8.66. The molecule has 2 aromatic carbocycles. The largest absolute Gasteiger partial charge is 0.406 e. The topological polar surface area (TPSA) is 63.5 Å². The Kier molecular flexibility index (Phi) is 6.55. The van der Waals surface area contributed by atoms with Crippen molar-refractivity contribution in [1.29, 1.82) is 0 Å². The van der Waals surface area contributed by atoms with E-state index in [9.17, 15) is 28.1 Å². The summed E-state index contributed by atoms with van der Waals surface area (Å²) in [6, 6.07) is 12.8. The molecule has 0 saturated carbocycles. The van der Waals surface area contributed by atoms with E-state index in [4.69, 9.17) is 0 Å². The molecule has 8 heteroatoms. The van der Waals surface area contributed by atoms with Crippen molar-refractivity contribution in [3.05, 3.63) is 75.3 Å². The molecule has 5 nitrogen and oxygen atoms in total. The van der Waals surface area contributed by atoms with Crippen molar-refractivity contribution >= 4 is 11.6 Å². The number of nitro groups is 1. The maximum absolute atomic E-state index is 12.9. The molecule has 2 rings (SSSR count). The Labute approximate surface area is 154 Å². The third kappa shape index (κ3) is 6.40. The molecular weight excluding hydrogens is 361 g/mol. The molecule has 0 heterocycles. The van der Waals surface area contributed by atoms with Crippen LogP contribution in [-0.2, 0) is 17.8 Å². The summed E-state index contributed by atoms with van der Waals surface area (Å²) in [6.07, 6.45) is -4.41. The summed E-state index contributed by atoms with van der Waals surface area (Å²) < 4.78 is 38.7. The molecule has 0 unspecified atom stereocenters. The maximum atomic E-state index is 12.9. The fourth-order valence-electron chi connectivity index (χ4n) is 2.75. The first kappa shape index (κ1) is 20.4. The van der Waals surface area contributed by atoms with Crippen molar-refractivity contribution in [3.63, 3.8) is 0 Å². The Bertz CT molecular complexity index is 822. The minimum absolute atomic E-state index is 0.0654. The highest BCUT2D eigenvalue weighted by molar-refractivity contribution is 5.76. The van der Waals surface area contributed by atoms with Crippen LogP contribution in [0.4, 0.5) is 18.9 Å². The van der Waals surface area contributed by atoms with Gasteiger partial charge in [-0.3, -0.25) is 14.9 Å². The third-order valence-corrected chi connectivity index (χ3v) is 3.98. The van der Waals surface area contributed by atoms with E-state index in [1.54, 1.807) is 6.07 Å². The predicted octanol–water partition coefficient (Wildman–Crippen LogP) is 4.43. The maximum Gasteiger partial charge on any atom is 0.406 e. The van der Waals surface area contributed by atoms with Gasteiger partial charge in [0.1, 0.15) is 6.54 Å². The summed E-state index contributed by atoms with van der Waals surface area (Å²) in [5.74, 6) is -0.702. The molecule has 0 aliphatic carbocycles. The van der Waals surface area contributed by atoms with Crippen LogP contribution in [0, 0.1) is 17.0 Å². The van der Waals surface area contributed by atoms with Gasteiger partial charge < -0.3 is 4.90 Å². The number of amides is 1. The van der Waals surface area contributed by atoms with Gasteiger partial charge in [-0.2, -0.15) is 13.2 Å². The first-order chi connectivity index (χ1) is 12.7. The number of halogens is 3. The second-order valence-corrected chi connectivity index (χ2v) is 6.24. The van der Waals surface area contributed by atoms with Crippen LogP contribution < -0.4 is 0 Å². The lowest BCUT2D eigenvalue weighted by atomic mass is 10.1. The van der Waals surface area contributed by atoms with Crippen LogP contribution in [0.15, 0.2) is 48.5 Å². The zero-order chi connectivity index (χ0) is 20.0. The number of rotatable bonds is 7. The Balaban J connectivity index is 2.16. The number of alkyl halides is 3. The lowest BCUT2D eigenvalue weighted by Crippen LogP contribution is -2.38. The lowest BCUT2D eigenvalue weighted by molar-refractivity contribution is -0.385. The highest BCUT2D eigenvalue weighted by atomic mass is 19.4. The van der Waals surface area contributed by atoms with E-state index >= 15 is 0 Å². The van der Waals surface area contributed by atoms with Gasteiger partial charge >= 0.3 is 6.18 Å². The molecule has 0 aliphatic heterocycles. The highest BCUT2D eigenvalue weighted by Crippen LogP contribution is 2.23. The van der Waals surface area contributed by atoms with Crippen molar-refractivity contribution in [2.45, 2.75) is 32.5 Å². The Hall–Kier alpha value is -2.90. The Morgan fingerprint density at radius 2 is 1.85 bits per heavy atom. The number of hydrogen-bond donors (Lipinski definition) is 0. The molecular formula is C19H19F3N2O3. The molecule has 0 bridgehead atoms. The van der Waals surface area contributed by atoms with Crippen LogP contribution in [-0.4, -0.2) is 28.5 Å². The number of nitro benzene ring substituents is 1. The van der Waals surface area contributed by atoms with Crippen LogP contribution in [0.25, 0.3) is 0 Å². The van der Waals surface area contributed by atoms with Gasteiger partial charge in [-0.15, -0.1) is 0 Å². The summed E-state index contributed by atoms with van der Waals surface area (Å²) in [6.45, 7) is -0.0369. The fraction of sp³-hybridized carbons (Fsp3) is 0.316. The number of para-hydroxylation sites is 1. The minimum Gasteiger partial charge on any atom is -0.329 e. The van der Waals surface area contributed by atoms with Gasteiger partial charge in [-0.05, 0) is 18.9 Å². The molecule has 0 aromatic heterocycles. The standard InChI is InChI=1S/C19H19F3N2O3/c1-14-5-4-6-15(11-14)9-10-18(25)23(13-19(20,21)22)12-16-7-2-3-8-17(16)24(26)27/h2-8,11H,9-10,12-13H2,1H3. The number of carbonyl (C=O) groups excluding carboxylic acids is 1. The van der Waals surface area contributed by atoms with Crippen molar-refractivity contribution < 1.29 is 22.9 Å². The normalized spacial score (nSPS) is 11.3. The van der Waals surface area contributed by atoms with E-state index in [-0.39, 0.29) is 17.7 Å². The average molecular weight is 380 g/mol. The number of aryl methyl sites for hydroxylation is 2. The minimum atomic E-state index is -4.59. The van der Waals surface area contributed by atoms with Gasteiger partial charge in [0.15, 0.2) is 0 Å². The Morgan fingerprint density at radius 3 is 2.48 bits per heavy atom. The first-order valence-electron chi connectivity index (χ1n) is 8.28. The van der Waals surface area contributed by atoms with Crippen LogP contribution in [0.1, 0.15) is 23.1 Å². The molecule has 0 saturated heterocycles. The van der Waals surface area contributed by atoms with Crippen LogP contribution >= 0.6 is 0 Å². The molecule has 1 amide bonds. The van der Waals surface area contributed by atoms with E-state index in [0.717, 1.165) is 11.1 Å². The summed E-state index contributed by atoms with van der Waals surface area (Å²) in [5.41, 5.74) is 1.60. The van der Waals surface area contributed by atoms with Gasteiger partial charge in [0, 0.05) is 18.1 Å². The molecule has 0 spiro atoms. The predicted molar refractivity (Wildman–Crippen MR) is 94.1 cm³/mol. The Morgan fingerprint density at radius 1 is 1.15 bits per heavy atom. The summed E-state index contributed by atoms with van der Waals surface area (Å²) in [5, 5.41) is 11.1. The van der Waals surface area contributed by atoms with Crippen LogP contribution in [0.3, 0.4) is 0 Å². The third-order valence-electron chi connectivity index (χ3n) is 3.98. The second-order valence-electron chi connectivity index (χ2n) is 6.24. The van der Waals surface area contributed by atoms with E-state index in [1.807, 2.05) is 25.1 Å². The van der Waals surface area contributed by atoms with E-state index in [0.29, 0.717) is 11.3 Å². The zero-order valence-electron chi connectivity index (χ0n) is 14.7. The van der Waals surface area contributed by atoms with Gasteiger partial charge in [0.05, 0.1) is 11.5 Å². The highest BCUT2D eigenvalue weighted by Gasteiger charge is 2.33. The number of benzene rings is 2. The average Bonchev–Trinajstić information content (AvgIpc) is 2.58. The summed E-state index contributed by atoms with van der Waals surface area (Å²) >= 11 is 0. The summed E-state index contributed by atoms with van der Waals surface area (Å²) in [7, 11) is 0. The quantitative estimate of drug-likeness (QED) is 0.527. The molecule has 27 heavy (non-hydrogen) atoms. The molecule has 0 aliphatic rings. The molecule has 0 N–H and O–H groups in total. The smallest absolute Gasteiger partial charge is 0.329 e. The zero-order valence-corrected chi connectivity index (χ0v) is 14.7. The molecule has 0 fully saturated rings. The van der Waals surface area contributed by atoms with Crippen LogP contribution in [0.2, 0.25) is 0 Å². The first-order valence-corrected chi connectivity index (χ1v) is 8.28. The molecule has 144 valence electrons. The van der Waals surface area contributed by atoms with E-state index in [1.165, 1.54) is 24.3 Å². The van der Waals surface area contributed by atoms with Crippen molar-refractivity contribution in [3.8, 4) is 0 Å². The molecule has 0 atom stereocenters. The van der Waals surface area contributed by atoms with Gasteiger partial charge in [-0.1, -0.05) is 48.0 Å². The van der Waals surface area contributed by atoms with Gasteiger partial charge in [0.2, 0.25) is 5.91 Å². The lowest BCUT2D eigenvalue weighted by Gasteiger charge is -2.24. The monoisotopic (exact) mass is 380 g/mol. The van der Waals surface area contributed by atoms with E-state index < -0.39 is 30.1 Å². The van der Waals surface area contributed by atoms with Crippen molar-refractivity contribution in [2.24, 2.45) is 0 Å². The van der Waals surface area contributed by atoms with Gasteiger partial charge in [-0.25, -0.2) is 0 Å². The number of carbonyl (C=O) groups is 1. The molecule has 2 aromatic rings. The SMILES string of the molecule is Cc1cccc(CCC(=O)N(Cc2ccccc2[N+](=O)[O-])CC(F)(F)F)c1. The number of hydrogen-bond acceptors (Lipinski definition) is 3. The fourth-order valence-corrected chi connectivity index (χ4v) is 2.75. The van der Waals surface area contributed by atoms with Crippen molar-refractivity contribution in [1.82, 2.24) is 4.90 Å². The van der Waals surface area contributed by atoms with Crippen molar-refractivity contribution in [2.75, 3.05) is 6.54 Å². The number of nitrogens with zero attached hydrogens (tertiary/aromatic N) is 2. The van der Waals surface area contributed by atoms with E-state index in [2.05, 4.69) is 0 Å².